The first-order valence-electron chi connectivity index (χ1n) is 9.09. The first-order valence-corrected chi connectivity index (χ1v) is 9.47. The maximum atomic E-state index is 13.6. The van der Waals surface area contributed by atoms with Crippen molar-refractivity contribution < 1.29 is 14.3 Å². The number of nitrogens with zero attached hydrogens (tertiary/aromatic N) is 3. The van der Waals surface area contributed by atoms with Crippen molar-refractivity contribution in [2.75, 3.05) is 18.5 Å². The summed E-state index contributed by atoms with van der Waals surface area (Å²) in [5.41, 5.74) is 2.37. The monoisotopic (exact) mass is 407 g/mol. The summed E-state index contributed by atoms with van der Waals surface area (Å²) in [6, 6.07) is 3.40. The van der Waals surface area contributed by atoms with Gasteiger partial charge in [0, 0.05) is 23.8 Å². The van der Waals surface area contributed by atoms with Crippen molar-refractivity contribution in [2.45, 2.75) is 38.9 Å². The molecule has 1 aliphatic heterocycles. The molecule has 1 aromatic heterocycles. The van der Waals surface area contributed by atoms with Crippen molar-refractivity contribution in [2.24, 2.45) is 0 Å². The number of benzene rings is 1. The Bertz CT molecular complexity index is 846. The molecule has 28 heavy (non-hydrogen) atoms. The molecule has 0 saturated carbocycles. The molecule has 150 valence electrons. The Morgan fingerprint density at radius 1 is 1.39 bits per heavy atom. The van der Waals surface area contributed by atoms with E-state index in [1.54, 1.807) is 24.1 Å². The number of nitrogens with one attached hydrogen (secondary N) is 2. The van der Waals surface area contributed by atoms with Gasteiger partial charge in [0.15, 0.2) is 0 Å². The summed E-state index contributed by atoms with van der Waals surface area (Å²) >= 11 is 5.90. The molecule has 0 unspecified atom stereocenters. The molecule has 0 fully saturated rings. The first-order chi connectivity index (χ1) is 13.4. The Morgan fingerprint density at radius 3 is 2.89 bits per heavy atom. The Hall–Kier alpha value is -2.45. The van der Waals surface area contributed by atoms with Gasteiger partial charge in [-0.1, -0.05) is 11.6 Å². The van der Waals surface area contributed by atoms with E-state index in [0.29, 0.717) is 31.0 Å². The molecule has 7 nitrogen and oxygen atoms in total. The van der Waals surface area contributed by atoms with Crippen molar-refractivity contribution in [3.05, 3.63) is 52.1 Å². The molecular formula is C19H23ClFN5O2. The van der Waals surface area contributed by atoms with E-state index in [4.69, 9.17) is 16.7 Å². The Morgan fingerprint density at radius 2 is 2.18 bits per heavy atom. The molecule has 3 rings (SSSR count). The van der Waals surface area contributed by atoms with Gasteiger partial charge < -0.3 is 20.6 Å². The summed E-state index contributed by atoms with van der Waals surface area (Å²) in [5, 5.41) is 15.3. The lowest BCUT2D eigenvalue weighted by molar-refractivity contribution is 0.188. The van der Waals surface area contributed by atoms with E-state index in [1.807, 2.05) is 6.92 Å². The zero-order valence-corrected chi connectivity index (χ0v) is 16.5. The van der Waals surface area contributed by atoms with Crippen LogP contribution in [0.4, 0.5) is 15.1 Å². The lowest BCUT2D eigenvalue weighted by Gasteiger charge is -2.29. The Kier molecular flexibility index (Phi) is 6.31. The van der Waals surface area contributed by atoms with Crippen LogP contribution < -0.4 is 10.6 Å². The van der Waals surface area contributed by atoms with E-state index >= 15 is 0 Å². The summed E-state index contributed by atoms with van der Waals surface area (Å²) in [6.45, 7) is 4.46. The van der Waals surface area contributed by atoms with Crippen LogP contribution in [-0.2, 0) is 13.0 Å². The number of fused-ring (bicyclic) bond motifs is 1. The molecule has 2 amide bonds. The van der Waals surface area contributed by atoms with Gasteiger partial charge in [0.1, 0.15) is 5.82 Å². The van der Waals surface area contributed by atoms with Crippen LogP contribution >= 0.6 is 11.6 Å². The van der Waals surface area contributed by atoms with Crippen molar-refractivity contribution in [3.8, 4) is 0 Å². The van der Waals surface area contributed by atoms with Crippen LogP contribution in [-0.4, -0.2) is 45.2 Å². The fourth-order valence-electron chi connectivity index (χ4n) is 3.00. The van der Waals surface area contributed by atoms with Crippen molar-refractivity contribution in [1.82, 2.24) is 20.2 Å². The molecule has 0 radical (unpaired) electrons. The number of aliphatic hydroxyl groups is 1. The van der Waals surface area contributed by atoms with Crippen molar-refractivity contribution in [1.29, 1.82) is 0 Å². The molecule has 2 atom stereocenters. The normalized spacial score (nSPS) is 15.5. The van der Waals surface area contributed by atoms with Crippen molar-refractivity contribution >= 4 is 23.6 Å². The maximum absolute atomic E-state index is 13.6. The van der Waals surface area contributed by atoms with Gasteiger partial charge in [-0.15, -0.1) is 0 Å². The summed E-state index contributed by atoms with van der Waals surface area (Å²) in [6.07, 6.45) is 2.40. The quantitative estimate of drug-likeness (QED) is 0.709. The van der Waals surface area contributed by atoms with Crippen LogP contribution in [0.25, 0.3) is 0 Å². The Labute approximate surface area is 167 Å². The second-order valence-corrected chi connectivity index (χ2v) is 7.38. The molecule has 2 aromatic rings. The number of amides is 2. The van der Waals surface area contributed by atoms with Gasteiger partial charge in [0.25, 0.3) is 0 Å². The highest BCUT2D eigenvalue weighted by Crippen LogP contribution is 2.22. The largest absolute Gasteiger partial charge is 0.394 e. The number of aromatic nitrogens is 2. The second kappa shape index (κ2) is 8.70. The standard InChI is InChI=1S/C19H23ClFN5O2/c1-11(10-27)23-18-22-8-13-3-4-26(9-17(13)25-18)19(28)24-12(2)14-5-15(20)7-16(21)6-14/h5-8,11-12,27H,3-4,9-10H2,1-2H3,(H,24,28)(H,22,23,25)/t11-,12+/m0/s1. The highest BCUT2D eigenvalue weighted by molar-refractivity contribution is 6.30. The van der Waals surface area contributed by atoms with Crippen LogP contribution in [0.2, 0.25) is 5.02 Å². The van der Waals surface area contributed by atoms with E-state index < -0.39 is 11.9 Å². The molecule has 0 aliphatic carbocycles. The minimum Gasteiger partial charge on any atom is -0.394 e. The van der Waals surface area contributed by atoms with E-state index in [-0.39, 0.29) is 23.7 Å². The average Bonchev–Trinajstić information content (AvgIpc) is 2.66. The van der Waals surface area contributed by atoms with Gasteiger partial charge >= 0.3 is 6.03 Å². The van der Waals surface area contributed by atoms with E-state index in [2.05, 4.69) is 20.6 Å². The fraction of sp³-hybridized carbons (Fsp3) is 0.421. The topological polar surface area (TPSA) is 90.4 Å². The number of rotatable bonds is 5. The summed E-state index contributed by atoms with van der Waals surface area (Å²) in [4.78, 5) is 23.1. The molecule has 0 saturated heterocycles. The number of halogens is 2. The van der Waals surface area contributed by atoms with Gasteiger partial charge in [0.2, 0.25) is 5.95 Å². The van der Waals surface area contributed by atoms with Gasteiger partial charge in [-0.25, -0.2) is 19.2 Å². The van der Waals surface area contributed by atoms with E-state index in [9.17, 15) is 9.18 Å². The highest BCUT2D eigenvalue weighted by atomic mass is 35.5. The predicted octanol–water partition coefficient (Wildman–Crippen LogP) is 2.89. The van der Waals surface area contributed by atoms with E-state index in [0.717, 1.165) is 11.3 Å². The average molecular weight is 408 g/mol. The molecule has 2 heterocycles. The number of hydrogen-bond acceptors (Lipinski definition) is 5. The molecule has 3 N–H and O–H groups in total. The SMILES string of the molecule is C[C@@H](CO)Nc1ncc2c(n1)CN(C(=O)N[C@H](C)c1cc(F)cc(Cl)c1)CC2. The van der Waals surface area contributed by atoms with Crippen LogP contribution in [0, 0.1) is 5.82 Å². The molecular weight excluding hydrogens is 385 g/mol. The fourth-order valence-corrected chi connectivity index (χ4v) is 3.23. The molecule has 0 bridgehead atoms. The highest BCUT2D eigenvalue weighted by Gasteiger charge is 2.24. The molecule has 9 heteroatoms. The van der Waals surface area contributed by atoms with E-state index in [1.165, 1.54) is 12.1 Å². The summed E-state index contributed by atoms with van der Waals surface area (Å²) < 4.78 is 13.6. The first kappa shape index (κ1) is 20.3. The minimum atomic E-state index is -0.440. The third kappa shape index (κ3) is 4.88. The Balaban J connectivity index is 1.67. The molecule has 0 spiro atoms. The summed E-state index contributed by atoms with van der Waals surface area (Å²) in [5.74, 6) is -0.0188. The molecule has 1 aliphatic rings. The van der Waals surface area contributed by atoms with Crippen LogP contribution in [0.5, 0.6) is 0 Å². The van der Waals surface area contributed by atoms with Gasteiger partial charge in [-0.3, -0.25) is 0 Å². The minimum absolute atomic E-state index is 0.0308. The number of aliphatic hydroxyl groups excluding tert-OH is 1. The van der Waals surface area contributed by atoms with Crippen LogP contribution in [0.1, 0.15) is 36.7 Å². The van der Waals surface area contributed by atoms with Crippen molar-refractivity contribution in [3.63, 3.8) is 0 Å². The number of urea groups is 1. The third-order valence-electron chi connectivity index (χ3n) is 4.61. The second-order valence-electron chi connectivity index (χ2n) is 6.94. The predicted molar refractivity (Wildman–Crippen MR) is 105 cm³/mol. The lowest BCUT2D eigenvalue weighted by atomic mass is 10.1. The number of carbonyl (C=O) groups is 1. The zero-order chi connectivity index (χ0) is 20.3. The van der Waals surface area contributed by atoms with Gasteiger partial charge in [-0.05, 0) is 49.6 Å². The van der Waals surface area contributed by atoms with Gasteiger partial charge in [0.05, 0.1) is 24.9 Å². The van der Waals surface area contributed by atoms with Crippen LogP contribution in [0.15, 0.2) is 24.4 Å². The number of hydrogen-bond donors (Lipinski definition) is 3. The smallest absolute Gasteiger partial charge is 0.318 e. The zero-order valence-electron chi connectivity index (χ0n) is 15.7. The van der Waals surface area contributed by atoms with Crippen LogP contribution in [0.3, 0.4) is 0 Å². The molecule has 1 aromatic carbocycles. The maximum Gasteiger partial charge on any atom is 0.318 e. The number of carbonyl (C=O) groups excluding carboxylic acids is 1. The lowest BCUT2D eigenvalue weighted by Crippen LogP contribution is -2.44. The summed E-state index contributed by atoms with van der Waals surface area (Å²) in [7, 11) is 0. The van der Waals surface area contributed by atoms with Gasteiger partial charge in [-0.2, -0.15) is 0 Å². The third-order valence-corrected chi connectivity index (χ3v) is 4.83. The number of anilines is 1.